The summed E-state index contributed by atoms with van der Waals surface area (Å²) >= 11 is 0. The number of nitrogens with one attached hydrogen (secondary N) is 1. The fourth-order valence-corrected chi connectivity index (χ4v) is 2.33. The molecule has 94 valence electrons. The zero-order chi connectivity index (χ0) is 12.1. The first-order valence-electron chi connectivity index (χ1n) is 6.39. The molecule has 2 unspecified atom stereocenters. The van der Waals surface area contributed by atoms with Crippen LogP contribution in [0.3, 0.4) is 0 Å². The van der Waals surface area contributed by atoms with Crippen molar-refractivity contribution in [1.29, 1.82) is 0 Å². The summed E-state index contributed by atoms with van der Waals surface area (Å²) in [7, 11) is 0. The predicted molar refractivity (Wildman–Crippen MR) is 66.4 cm³/mol. The summed E-state index contributed by atoms with van der Waals surface area (Å²) in [5, 5.41) is 3.43. The molecular formula is C14H20FNO. The molecule has 1 aliphatic heterocycles. The normalized spacial score (nSPS) is 24.1. The van der Waals surface area contributed by atoms with E-state index in [9.17, 15) is 4.39 Å². The Bertz CT molecular complexity index is 339. The second-order valence-corrected chi connectivity index (χ2v) is 4.60. The average Bonchev–Trinajstić information content (AvgIpc) is 2.79. The molecule has 0 radical (unpaired) electrons. The largest absolute Gasteiger partial charge is 0.373 e. The third-order valence-electron chi connectivity index (χ3n) is 3.25. The summed E-state index contributed by atoms with van der Waals surface area (Å²) < 4.78 is 18.6. The number of rotatable bonds is 5. The second-order valence-electron chi connectivity index (χ2n) is 4.60. The van der Waals surface area contributed by atoms with E-state index in [1.54, 1.807) is 0 Å². The molecule has 0 aliphatic carbocycles. The van der Waals surface area contributed by atoms with Crippen LogP contribution >= 0.6 is 0 Å². The van der Waals surface area contributed by atoms with E-state index >= 15 is 0 Å². The smallest absolute Gasteiger partial charge is 0.123 e. The van der Waals surface area contributed by atoms with Gasteiger partial charge in [0.05, 0.1) is 6.10 Å². The van der Waals surface area contributed by atoms with Crippen LogP contribution in [-0.4, -0.2) is 19.7 Å². The molecule has 1 N–H and O–H groups in total. The molecule has 1 aromatic rings. The van der Waals surface area contributed by atoms with Crippen molar-refractivity contribution in [3.05, 3.63) is 35.6 Å². The SMILES string of the molecule is CCCNCC1CCOC1c1ccc(F)cc1. The molecule has 0 amide bonds. The van der Waals surface area contributed by atoms with Crippen LogP contribution in [-0.2, 0) is 4.74 Å². The summed E-state index contributed by atoms with van der Waals surface area (Å²) in [5.41, 5.74) is 1.09. The molecule has 2 rings (SSSR count). The molecular weight excluding hydrogens is 217 g/mol. The summed E-state index contributed by atoms with van der Waals surface area (Å²) in [6.07, 6.45) is 2.35. The van der Waals surface area contributed by atoms with Gasteiger partial charge in [-0.15, -0.1) is 0 Å². The van der Waals surface area contributed by atoms with E-state index < -0.39 is 0 Å². The van der Waals surface area contributed by atoms with Gasteiger partial charge in [0.15, 0.2) is 0 Å². The van der Waals surface area contributed by atoms with Crippen LogP contribution in [0.2, 0.25) is 0 Å². The highest BCUT2D eigenvalue weighted by molar-refractivity contribution is 5.20. The molecule has 0 bridgehead atoms. The van der Waals surface area contributed by atoms with Crippen LogP contribution in [0.1, 0.15) is 31.4 Å². The van der Waals surface area contributed by atoms with E-state index in [0.717, 1.165) is 38.1 Å². The van der Waals surface area contributed by atoms with Gasteiger partial charge in [-0.2, -0.15) is 0 Å². The maximum absolute atomic E-state index is 12.9. The van der Waals surface area contributed by atoms with Crippen LogP contribution in [0.5, 0.6) is 0 Å². The maximum Gasteiger partial charge on any atom is 0.123 e. The van der Waals surface area contributed by atoms with Gasteiger partial charge in [-0.3, -0.25) is 0 Å². The maximum atomic E-state index is 12.9. The Kier molecular flexibility index (Phi) is 4.51. The first-order chi connectivity index (χ1) is 8.31. The van der Waals surface area contributed by atoms with E-state index in [0.29, 0.717) is 5.92 Å². The van der Waals surface area contributed by atoms with Crippen molar-refractivity contribution in [2.75, 3.05) is 19.7 Å². The minimum atomic E-state index is -0.188. The van der Waals surface area contributed by atoms with E-state index in [1.807, 2.05) is 12.1 Å². The van der Waals surface area contributed by atoms with Crippen molar-refractivity contribution in [2.24, 2.45) is 5.92 Å². The summed E-state index contributed by atoms with van der Waals surface area (Å²) in [6, 6.07) is 6.68. The quantitative estimate of drug-likeness (QED) is 0.795. The topological polar surface area (TPSA) is 21.3 Å². The number of benzene rings is 1. The highest BCUT2D eigenvalue weighted by Gasteiger charge is 2.29. The summed E-state index contributed by atoms with van der Waals surface area (Å²) in [4.78, 5) is 0. The van der Waals surface area contributed by atoms with Gasteiger partial charge >= 0.3 is 0 Å². The lowest BCUT2D eigenvalue weighted by Gasteiger charge is -2.19. The number of hydrogen-bond acceptors (Lipinski definition) is 2. The zero-order valence-corrected chi connectivity index (χ0v) is 10.3. The van der Waals surface area contributed by atoms with E-state index in [-0.39, 0.29) is 11.9 Å². The second kappa shape index (κ2) is 6.12. The Hall–Kier alpha value is -0.930. The molecule has 17 heavy (non-hydrogen) atoms. The summed E-state index contributed by atoms with van der Waals surface area (Å²) in [6.45, 7) is 5.00. The van der Waals surface area contributed by atoms with E-state index in [1.165, 1.54) is 12.1 Å². The van der Waals surface area contributed by atoms with Gasteiger partial charge in [0, 0.05) is 19.1 Å². The van der Waals surface area contributed by atoms with Crippen molar-refractivity contribution in [2.45, 2.75) is 25.9 Å². The lowest BCUT2D eigenvalue weighted by molar-refractivity contribution is 0.0905. The fourth-order valence-electron chi connectivity index (χ4n) is 2.33. The third-order valence-corrected chi connectivity index (χ3v) is 3.25. The standard InChI is InChI=1S/C14H20FNO/c1-2-8-16-10-12-7-9-17-14(12)11-3-5-13(15)6-4-11/h3-6,12,14,16H,2,7-10H2,1H3. The van der Waals surface area contributed by atoms with Gasteiger partial charge < -0.3 is 10.1 Å². The van der Waals surface area contributed by atoms with Crippen molar-refractivity contribution in [1.82, 2.24) is 5.32 Å². The van der Waals surface area contributed by atoms with Gasteiger partial charge in [0.1, 0.15) is 5.82 Å². The Morgan fingerprint density at radius 3 is 2.82 bits per heavy atom. The molecule has 1 heterocycles. The molecule has 1 saturated heterocycles. The average molecular weight is 237 g/mol. The first kappa shape index (κ1) is 12.5. The molecule has 0 spiro atoms. The van der Waals surface area contributed by atoms with E-state index in [4.69, 9.17) is 4.74 Å². The molecule has 1 aliphatic rings. The number of hydrogen-bond donors (Lipinski definition) is 1. The third kappa shape index (κ3) is 3.27. The number of ether oxygens (including phenoxy) is 1. The van der Waals surface area contributed by atoms with Crippen molar-refractivity contribution >= 4 is 0 Å². The van der Waals surface area contributed by atoms with Crippen LogP contribution < -0.4 is 5.32 Å². The minimum Gasteiger partial charge on any atom is -0.373 e. The molecule has 0 aromatic heterocycles. The highest BCUT2D eigenvalue weighted by atomic mass is 19.1. The Morgan fingerprint density at radius 2 is 2.12 bits per heavy atom. The van der Waals surface area contributed by atoms with Gasteiger partial charge in [0.25, 0.3) is 0 Å². The number of halogens is 1. The molecule has 0 saturated carbocycles. The van der Waals surface area contributed by atoms with Crippen molar-refractivity contribution in [3.8, 4) is 0 Å². The lowest BCUT2D eigenvalue weighted by Crippen LogP contribution is -2.25. The van der Waals surface area contributed by atoms with Gasteiger partial charge in [0.2, 0.25) is 0 Å². The van der Waals surface area contributed by atoms with Crippen LogP contribution in [0, 0.1) is 11.7 Å². The monoisotopic (exact) mass is 237 g/mol. The van der Waals surface area contributed by atoms with Crippen LogP contribution in [0.25, 0.3) is 0 Å². The molecule has 1 fully saturated rings. The molecule has 1 aromatic carbocycles. The van der Waals surface area contributed by atoms with Gasteiger partial charge in [-0.05, 0) is 37.1 Å². The zero-order valence-electron chi connectivity index (χ0n) is 10.3. The van der Waals surface area contributed by atoms with Crippen LogP contribution in [0.4, 0.5) is 4.39 Å². The molecule has 3 heteroatoms. The highest BCUT2D eigenvalue weighted by Crippen LogP contribution is 2.34. The van der Waals surface area contributed by atoms with Crippen molar-refractivity contribution < 1.29 is 9.13 Å². The molecule has 2 nitrogen and oxygen atoms in total. The van der Waals surface area contributed by atoms with Crippen molar-refractivity contribution in [3.63, 3.8) is 0 Å². The first-order valence-corrected chi connectivity index (χ1v) is 6.39. The minimum absolute atomic E-state index is 0.125. The van der Waals surface area contributed by atoms with E-state index in [2.05, 4.69) is 12.2 Å². The van der Waals surface area contributed by atoms with Gasteiger partial charge in [-0.25, -0.2) is 4.39 Å². The Labute approximate surface area is 102 Å². The fraction of sp³-hybridized carbons (Fsp3) is 0.571. The Balaban J connectivity index is 1.96. The lowest BCUT2D eigenvalue weighted by atomic mass is 9.95. The summed E-state index contributed by atoms with van der Waals surface area (Å²) in [5.74, 6) is 0.319. The molecule has 2 atom stereocenters. The Morgan fingerprint density at radius 1 is 1.35 bits per heavy atom. The predicted octanol–water partition coefficient (Wildman–Crippen LogP) is 2.90. The van der Waals surface area contributed by atoms with Gasteiger partial charge in [-0.1, -0.05) is 19.1 Å². The van der Waals surface area contributed by atoms with Crippen LogP contribution in [0.15, 0.2) is 24.3 Å².